The van der Waals surface area contributed by atoms with E-state index in [2.05, 4.69) is 20.5 Å². The number of carbonyl (C=O) groups is 2. The zero-order valence-electron chi connectivity index (χ0n) is 17.1. The Morgan fingerprint density at radius 1 is 1.19 bits per heavy atom. The first kappa shape index (κ1) is 20.7. The lowest BCUT2D eigenvalue weighted by Crippen LogP contribution is -2.33. The van der Waals surface area contributed by atoms with Gasteiger partial charge in [-0.05, 0) is 36.3 Å². The highest BCUT2D eigenvalue weighted by Crippen LogP contribution is 2.32. The van der Waals surface area contributed by atoms with Crippen molar-refractivity contribution in [2.24, 2.45) is 0 Å². The Bertz CT molecular complexity index is 1100. The molecule has 4 rings (SSSR count). The summed E-state index contributed by atoms with van der Waals surface area (Å²) in [6.07, 6.45) is 5.22. The smallest absolute Gasteiger partial charge is 0.296 e. The van der Waals surface area contributed by atoms with Crippen molar-refractivity contribution in [3.8, 4) is 22.1 Å². The van der Waals surface area contributed by atoms with Gasteiger partial charge in [0.2, 0.25) is 5.13 Å². The SMILES string of the molecule is COc1ccccc1-c1cnccc1C(=O)Nc1nnc(OCC(=O)N(C)C2CC2)s1. The van der Waals surface area contributed by atoms with Crippen molar-refractivity contribution in [3.05, 3.63) is 48.3 Å². The zero-order valence-corrected chi connectivity index (χ0v) is 17.9. The summed E-state index contributed by atoms with van der Waals surface area (Å²) in [6.45, 7) is -0.113. The third kappa shape index (κ3) is 4.80. The molecule has 1 fully saturated rings. The molecule has 1 N–H and O–H groups in total. The van der Waals surface area contributed by atoms with Crippen LogP contribution in [-0.4, -0.2) is 58.7 Å². The van der Waals surface area contributed by atoms with Gasteiger partial charge in [-0.2, -0.15) is 0 Å². The summed E-state index contributed by atoms with van der Waals surface area (Å²) in [5.41, 5.74) is 1.80. The standard InChI is InChI=1S/C21H21N5O4S/c1-26(13-7-8-13)18(27)12-30-21-25-24-20(31-21)23-19(28)15-9-10-22-11-16(15)14-5-3-4-6-17(14)29-2/h3-6,9-11,13H,7-8,12H2,1-2H3,(H,23,24,28). The first-order chi connectivity index (χ1) is 15.1. The lowest BCUT2D eigenvalue weighted by molar-refractivity contribution is -0.132. The third-order valence-corrected chi connectivity index (χ3v) is 5.65. The Morgan fingerprint density at radius 2 is 2.00 bits per heavy atom. The molecule has 3 aromatic rings. The normalized spacial score (nSPS) is 12.8. The average Bonchev–Trinajstić information content (AvgIpc) is 3.56. The van der Waals surface area contributed by atoms with Crippen molar-refractivity contribution < 1.29 is 19.1 Å². The highest BCUT2D eigenvalue weighted by molar-refractivity contribution is 7.17. The van der Waals surface area contributed by atoms with Gasteiger partial charge in [-0.3, -0.25) is 19.9 Å². The quantitative estimate of drug-likeness (QED) is 0.575. The lowest BCUT2D eigenvalue weighted by Gasteiger charge is -2.15. The summed E-state index contributed by atoms with van der Waals surface area (Å²) in [4.78, 5) is 30.8. The molecular formula is C21H21N5O4S. The number of amides is 2. The van der Waals surface area contributed by atoms with Gasteiger partial charge in [-0.1, -0.05) is 23.3 Å². The zero-order chi connectivity index (χ0) is 21.8. The van der Waals surface area contributed by atoms with Gasteiger partial charge in [-0.15, -0.1) is 5.10 Å². The van der Waals surface area contributed by atoms with Gasteiger partial charge in [0.25, 0.3) is 17.0 Å². The molecule has 2 amide bonds. The summed E-state index contributed by atoms with van der Waals surface area (Å²) in [5.74, 6) is 0.161. The van der Waals surface area contributed by atoms with Gasteiger partial charge in [0.1, 0.15) is 5.75 Å². The Labute approximate surface area is 183 Å². The minimum atomic E-state index is -0.365. The number of methoxy groups -OCH3 is 1. The summed E-state index contributed by atoms with van der Waals surface area (Å²) in [5, 5.41) is 11.0. The monoisotopic (exact) mass is 439 g/mol. The van der Waals surface area contributed by atoms with E-state index in [0.717, 1.165) is 29.7 Å². The molecule has 0 spiro atoms. The minimum Gasteiger partial charge on any atom is -0.496 e. The van der Waals surface area contributed by atoms with E-state index in [1.54, 1.807) is 37.5 Å². The van der Waals surface area contributed by atoms with Crippen molar-refractivity contribution in [2.75, 3.05) is 26.1 Å². The van der Waals surface area contributed by atoms with Crippen LogP contribution in [-0.2, 0) is 4.79 Å². The van der Waals surface area contributed by atoms with E-state index >= 15 is 0 Å². The Morgan fingerprint density at radius 3 is 2.77 bits per heavy atom. The fraction of sp³-hybridized carbons (Fsp3) is 0.286. The van der Waals surface area contributed by atoms with Crippen LogP contribution < -0.4 is 14.8 Å². The molecule has 1 aliphatic carbocycles. The lowest BCUT2D eigenvalue weighted by atomic mass is 10.0. The van der Waals surface area contributed by atoms with E-state index in [-0.39, 0.29) is 28.7 Å². The molecule has 160 valence electrons. The van der Waals surface area contributed by atoms with Crippen LogP contribution in [0.5, 0.6) is 10.9 Å². The number of hydrogen-bond acceptors (Lipinski definition) is 8. The number of benzene rings is 1. The van der Waals surface area contributed by atoms with E-state index < -0.39 is 0 Å². The van der Waals surface area contributed by atoms with Gasteiger partial charge in [0.05, 0.1) is 12.7 Å². The number of hydrogen-bond donors (Lipinski definition) is 1. The first-order valence-corrected chi connectivity index (χ1v) is 10.5. The van der Waals surface area contributed by atoms with E-state index in [1.807, 2.05) is 24.3 Å². The second-order valence-corrected chi connectivity index (χ2v) is 7.91. The van der Waals surface area contributed by atoms with Gasteiger partial charge >= 0.3 is 0 Å². The van der Waals surface area contributed by atoms with Gasteiger partial charge in [0, 0.05) is 36.6 Å². The van der Waals surface area contributed by atoms with Crippen LogP contribution in [0.25, 0.3) is 11.1 Å². The summed E-state index contributed by atoms with van der Waals surface area (Å²) < 4.78 is 10.8. The van der Waals surface area contributed by atoms with Crippen molar-refractivity contribution in [2.45, 2.75) is 18.9 Å². The van der Waals surface area contributed by atoms with Crippen LogP contribution in [0.15, 0.2) is 42.7 Å². The molecule has 1 saturated carbocycles. The summed E-state index contributed by atoms with van der Waals surface area (Å²) in [7, 11) is 3.34. The number of aromatic nitrogens is 3. The number of nitrogens with zero attached hydrogens (tertiary/aromatic N) is 4. The Hall–Kier alpha value is -3.53. The van der Waals surface area contributed by atoms with Crippen LogP contribution >= 0.6 is 11.3 Å². The maximum atomic E-state index is 12.9. The molecule has 9 nitrogen and oxygen atoms in total. The van der Waals surface area contributed by atoms with Crippen LogP contribution in [0.4, 0.5) is 5.13 Å². The highest BCUT2D eigenvalue weighted by Gasteiger charge is 2.29. The fourth-order valence-electron chi connectivity index (χ4n) is 3.05. The number of rotatable bonds is 8. The van der Waals surface area contributed by atoms with Crippen LogP contribution in [0.3, 0.4) is 0 Å². The summed E-state index contributed by atoms with van der Waals surface area (Å²) in [6, 6.07) is 9.34. The predicted octanol–water partition coefficient (Wildman–Crippen LogP) is 2.86. The number of carbonyl (C=O) groups excluding carboxylic acids is 2. The molecule has 0 aliphatic heterocycles. The number of pyridine rings is 1. The molecule has 0 bridgehead atoms. The molecule has 0 saturated heterocycles. The fourth-order valence-corrected chi connectivity index (χ4v) is 3.64. The molecule has 1 aromatic carbocycles. The first-order valence-electron chi connectivity index (χ1n) is 9.67. The number of anilines is 1. The Kier molecular flexibility index (Phi) is 6.08. The maximum Gasteiger partial charge on any atom is 0.296 e. The largest absolute Gasteiger partial charge is 0.496 e. The Balaban J connectivity index is 1.44. The molecule has 0 radical (unpaired) electrons. The van der Waals surface area contributed by atoms with Crippen LogP contribution in [0.1, 0.15) is 23.2 Å². The van der Waals surface area contributed by atoms with E-state index in [0.29, 0.717) is 22.9 Å². The molecule has 2 heterocycles. The highest BCUT2D eigenvalue weighted by atomic mass is 32.1. The molecule has 0 unspecified atom stereocenters. The molecule has 31 heavy (non-hydrogen) atoms. The minimum absolute atomic E-state index is 0.110. The van der Waals surface area contributed by atoms with Crippen molar-refractivity contribution >= 4 is 28.3 Å². The number of para-hydroxylation sites is 1. The second-order valence-electron chi connectivity index (χ2n) is 6.97. The number of likely N-dealkylation sites (N-methyl/N-ethyl adjacent to an activating group) is 1. The van der Waals surface area contributed by atoms with E-state index in [9.17, 15) is 9.59 Å². The van der Waals surface area contributed by atoms with E-state index in [1.165, 1.54) is 0 Å². The molecule has 10 heteroatoms. The van der Waals surface area contributed by atoms with E-state index in [4.69, 9.17) is 9.47 Å². The second kappa shape index (κ2) is 9.09. The number of nitrogens with one attached hydrogen (secondary N) is 1. The molecule has 2 aromatic heterocycles. The predicted molar refractivity (Wildman–Crippen MR) is 115 cm³/mol. The molecular weight excluding hydrogens is 418 g/mol. The van der Waals surface area contributed by atoms with Gasteiger partial charge in [0.15, 0.2) is 6.61 Å². The summed E-state index contributed by atoms with van der Waals surface area (Å²) >= 11 is 1.06. The van der Waals surface area contributed by atoms with Crippen molar-refractivity contribution in [3.63, 3.8) is 0 Å². The van der Waals surface area contributed by atoms with Gasteiger partial charge in [-0.25, -0.2) is 0 Å². The maximum absolute atomic E-state index is 12.9. The molecule has 1 aliphatic rings. The topological polar surface area (TPSA) is 107 Å². The average molecular weight is 439 g/mol. The van der Waals surface area contributed by atoms with Crippen LogP contribution in [0, 0.1) is 0 Å². The molecule has 0 atom stereocenters. The van der Waals surface area contributed by atoms with Gasteiger partial charge < -0.3 is 14.4 Å². The van der Waals surface area contributed by atoms with Crippen LogP contribution in [0.2, 0.25) is 0 Å². The third-order valence-electron chi connectivity index (χ3n) is 4.90. The van der Waals surface area contributed by atoms with Crippen molar-refractivity contribution in [1.82, 2.24) is 20.1 Å². The number of ether oxygens (including phenoxy) is 2. The van der Waals surface area contributed by atoms with Crippen molar-refractivity contribution in [1.29, 1.82) is 0 Å².